The molecule has 3 aromatic heterocycles. The van der Waals surface area contributed by atoms with Gasteiger partial charge in [-0.1, -0.05) is 19.1 Å². The van der Waals surface area contributed by atoms with Gasteiger partial charge in [0.15, 0.2) is 0 Å². The molecule has 1 aromatic carbocycles. The fourth-order valence-electron chi connectivity index (χ4n) is 5.31. The summed E-state index contributed by atoms with van der Waals surface area (Å²) in [6.45, 7) is 11.0. The van der Waals surface area contributed by atoms with Crippen molar-refractivity contribution in [2.45, 2.75) is 45.7 Å². The van der Waals surface area contributed by atoms with E-state index in [0.717, 1.165) is 73.5 Å². The summed E-state index contributed by atoms with van der Waals surface area (Å²) in [7, 11) is 0. The summed E-state index contributed by atoms with van der Waals surface area (Å²) in [5.41, 5.74) is 5.43. The average Bonchev–Trinajstić information content (AvgIpc) is 3.20. The van der Waals surface area contributed by atoms with Gasteiger partial charge in [0.25, 0.3) is 0 Å². The van der Waals surface area contributed by atoms with Crippen LogP contribution in [0.25, 0.3) is 22.3 Å². The number of fused-ring (bicyclic) bond motifs is 1. The topological polar surface area (TPSA) is 75.0 Å². The van der Waals surface area contributed by atoms with E-state index in [1.54, 1.807) is 6.33 Å². The molecule has 4 aromatic rings. The maximum Gasteiger partial charge on any atom is 0.135 e. The zero-order chi connectivity index (χ0) is 24.5. The van der Waals surface area contributed by atoms with Gasteiger partial charge in [0.05, 0.1) is 16.7 Å². The lowest BCUT2D eigenvalue weighted by Crippen LogP contribution is -2.45. The van der Waals surface area contributed by atoms with Crippen LogP contribution in [0.15, 0.2) is 48.9 Å². The number of rotatable bonds is 7. The molecule has 0 atom stereocenters. The van der Waals surface area contributed by atoms with E-state index in [2.05, 4.69) is 72.7 Å². The number of aromatic nitrogens is 5. The number of piperazine rings is 1. The first-order chi connectivity index (χ1) is 17.7. The highest BCUT2D eigenvalue weighted by Gasteiger charge is 2.23. The van der Waals surface area contributed by atoms with E-state index < -0.39 is 0 Å². The van der Waals surface area contributed by atoms with E-state index in [9.17, 15) is 0 Å². The van der Waals surface area contributed by atoms with Crippen LogP contribution in [0.3, 0.4) is 0 Å². The fraction of sp³-hybridized carbons (Fsp3) is 0.429. The van der Waals surface area contributed by atoms with Crippen LogP contribution in [-0.2, 0) is 6.54 Å². The largest absolute Gasteiger partial charge is 0.325 e. The van der Waals surface area contributed by atoms with Crippen LogP contribution in [0.2, 0.25) is 0 Å². The van der Waals surface area contributed by atoms with Crippen molar-refractivity contribution in [3.63, 3.8) is 0 Å². The summed E-state index contributed by atoms with van der Waals surface area (Å²) in [5, 5.41) is 3.35. The van der Waals surface area contributed by atoms with E-state index >= 15 is 0 Å². The molecule has 1 aliphatic heterocycles. The minimum atomic E-state index is 0.572. The number of imidazole rings is 1. The molecule has 4 heterocycles. The van der Waals surface area contributed by atoms with E-state index in [4.69, 9.17) is 4.98 Å². The maximum absolute atomic E-state index is 4.78. The summed E-state index contributed by atoms with van der Waals surface area (Å²) >= 11 is 0. The Bertz CT molecular complexity index is 1330. The highest BCUT2D eigenvalue weighted by atomic mass is 15.3. The first-order valence-electron chi connectivity index (χ1n) is 13.1. The average molecular weight is 483 g/mol. The first-order valence-corrected chi connectivity index (χ1v) is 13.1. The molecule has 0 amide bonds. The molecule has 1 N–H and O–H groups in total. The predicted octanol–water partition coefficient (Wildman–Crippen LogP) is 4.80. The fourth-order valence-corrected chi connectivity index (χ4v) is 5.31. The Balaban J connectivity index is 1.16. The summed E-state index contributed by atoms with van der Waals surface area (Å²) in [6, 6.07) is 13.2. The molecule has 8 nitrogen and oxygen atoms in total. The van der Waals surface area contributed by atoms with E-state index in [-0.39, 0.29) is 0 Å². The second-order valence-corrected chi connectivity index (χ2v) is 9.99. The number of nitrogens with one attached hydrogen (secondary N) is 1. The maximum atomic E-state index is 4.78. The molecular weight excluding hydrogens is 448 g/mol. The minimum Gasteiger partial charge on any atom is -0.325 e. The Morgan fingerprint density at radius 3 is 2.47 bits per heavy atom. The number of pyridine rings is 1. The molecule has 0 spiro atoms. The lowest BCUT2D eigenvalue weighted by Gasteiger charge is -2.33. The molecular formula is C28H34N8. The van der Waals surface area contributed by atoms with Crippen LogP contribution < -0.4 is 5.32 Å². The lowest BCUT2D eigenvalue weighted by atomic mass is 9.92. The van der Waals surface area contributed by atoms with Gasteiger partial charge in [-0.3, -0.25) is 4.90 Å². The van der Waals surface area contributed by atoms with E-state index in [1.807, 2.05) is 18.3 Å². The molecule has 2 fully saturated rings. The summed E-state index contributed by atoms with van der Waals surface area (Å²) in [4.78, 5) is 23.4. The number of hydrogen-bond donors (Lipinski definition) is 1. The Morgan fingerprint density at radius 2 is 1.75 bits per heavy atom. The minimum absolute atomic E-state index is 0.572. The number of hydrogen-bond acceptors (Lipinski definition) is 7. The van der Waals surface area contributed by atoms with Gasteiger partial charge in [0, 0.05) is 56.6 Å². The van der Waals surface area contributed by atoms with Crippen molar-refractivity contribution in [3.8, 4) is 11.3 Å². The smallest absolute Gasteiger partial charge is 0.135 e. The van der Waals surface area contributed by atoms with Crippen molar-refractivity contribution >= 4 is 22.7 Å². The highest BCUT2D eigenvalue weighted by molar-refractivity contribution is 5.82. The molecule has 186 valence electrons. The third kappa shape index (κ3) is 4.70. The van der Waals surface area contributed by atoms with Gasteiger partial charge in [0.1, 0.15) is 23.8 Å². The van der Waals surface area contributed by atoms with Crippen molar-refractivity contribution in [3.05, 3.63) is 60.3 Å². The Morgan fingerprint density at radius 1 is 0.917 bits per heavy atom. The zero-order valence-electron chi connectivity index (χ0n) is 21.2. The van der Waals surface area contributed by atoms with Gasteiger partial charge in [0.2, 0.25) is 0 Å². The molecule has 0 unspecified atom stereocenters. The van der Waals surface area contributed by atoms with Gasteiger partial charge >= 0.3 is 0 Å². The monoisotopic (exact) mass is 482 g/mol. The van der Waals surface area contributed by atoms with Crippen molar-refractivity contribution in [1.82, 2.24) is 34.3 Å². The molecule has 0 bridgehead atoms. The second kappa shape index (κ2) is 9.95. The zero-order valence-corrected chi connectivity index (χ0v) is 21.2. The standard InChI is InChI=1S/C28H34N8/c1-3-34-11-13-35(14-12-34)18-21-7-10-27(29-17-21)33-28-16-25(30-19-31-28)22-8-9-24-26(15-22)36(20(2)32-24)23-5-4-6-23/h7-10,15-17,19,23H,3-6,11-14,18H2,1-2H3,(H,29,30,31,33). The van der Waals surface area contributed by atoms with Crippen LogP contribution in [-0.4, -0.2) is 67.0 Å². The molecule has 1 saturated heterocycles. The second-order valence-electron chi connectivity index (χ2n) is 9.99. The van der Waals surface area contributed by atoms with Gasteiger partial charge in [-0.05, 0) is 56.5 Å². The summed E-state index contributed by atoms with van der Waals surface area (Å²) < 4.78 is 2.40. The van der Waals surface area contributed by atoms with Gasteiger partial charge < -0.3 is 14.8 Å². The van der Waals surface area contributed by atoms with Crippen LogP contribution in [0.1, 0.15) is 43.6 Å². The van der Waals surface area contributed by atoms with Crippen LogP contribution in [0, 0.1) is 6.92 Å². The SMILES string of the molecule is CCN1CCN(Cc2ccc(Nc3cc(-c4ccc5nc(C)n(C6CCC6)c5c4)ncn3)nc2)CC1. The molecule has 1 saturated carbocycles. The lowest BCUT2D eigenvalue weighted by molar-refractivity contribution is 0.132. The Hall–Kier alpha value is -3.36. The van der Waals surface area contributed by atoms with Crippen LogP contribution in [0.4, 0.5) is 11.6 Å². The predicted molar refractivity (Wildman–Crippen MR) is 143 cm³/mol. The number of nitrogens with zero attached hydrogens (tertiary/aromatic N) is 7. The molecule has 1 aliphatic carbocycles. The Kier molecular flexibility index (Phi) is 6.37. The number of anilines is 2. The van der Waals surface area contributed by atoms with Crippen molar-refractivity contribution in [2.75, 3.05) is 38.0 Å². The van der Waals surface area contributed by atoms with E-state index in [1.165, 1.54) is 30.3 Å². The number of aryl methyl sites for hydroxylation is 1. The number of likely N-dealkylation sites (N-methyl/N-ethyl adjacent to an activating group) is 1. The normalized spacial score (nSPS) is 17.4. The Labute approximate surface area is 212 Å². The third-order valence-electron chi connectivity index (χ3n) is 7.67. The summed E-state index contributed by atoms with van der Waals surface area (Å²) in [6.07, 6.45) is 7.35. The third-order valence-corrected chi connectivity index (χ3v) is 7.67. The molecule has 2 aliphatic rings. The highest BCUT2D eigenvalue weighted by Crippen LogP contribution is 2.36. The molecule has 6 rings (SSSR count). The van der Waals surface area contributed by atoms with E-state index in [0.29, 0.717) is 6.04 Å². The number of benzene rings is 1. The molecule has 8 heteroatoms. The van der Waals surface area contributed by atoms with Gasteiger partial charge in [-0.25, -0.2) is 19.9 Å². The quantitative estimate of drug-likeness (QED) is 0.405. The van der Waals surface area contributed by atoms with Gasteiger partial charge in [-0.15, -0.1) is 0 Å². The first kappa shape index (κ1) is 23.1. The summed E-state index contributed by atoms with van der Waals surface area (Å²) in [5.74, 6) is 2.61. The van der Waals surface area contributed by atoms with Crippen molar-refractivity contribution < 1.29 is 0 Å². The molecule has 36 heavy (non-hydrogen) atoms. The van der Waals surface area contributed by atoms with Crippen LogP contribution in [0.5, 0.6) is 0 Å². The molecule has 0 radical (unpaired) electrons. The van der Waals surface area contributed by atoms with Crippen molar-refractivity contribution in [1.29, 1.82) is 0 Å². The van der Waals surface area contributed by atoms with Crippen molar-refractivity contribution in [2.24, 2.45) is 0 Å². The van der Waals surface area contributed by atoms with Gasteiger partial charge in [-0.2, -0.15) is 0 Å². The van der Waals surface area contributed by atoms with Crippen LogP contribution >= 0.6 is 0 Å².